The molecule has 1 heterocycles. The number of rotatable bonds is 2. The van der Waals surface area contributed by atoms with Crippen LogP contribution in [0.5, 0.6) is 5.75 Å². The van der Waals surface area contributed by atoms with Gasteiger partial charge >= 0.3 is 0 Å². The van der Waals surface area contributed by atoms with Gasteiger partial charge in [-0.1, -0.05) is 17.8 Å². The number of hydrogen-bond acceptors (Lipinski definition) is 2. The zero-order chi connectivity index (χ0) is 12.4. The zero-order valence-corrected chi connectivity index (χ0v) is 13.2. The van der Waals surface area contributed by atoms with Crippen LogP contribution >= 0.6 is 0 Å². The summed E-state index contributed by atoms with van der Waals surface area (Å²) in [5.74, 6) is 0.168. The van der Waals surface area contributed by atoms with E-state index in [1.54, 1.807) is 23.1 Å². The fraction of sp³-hybridized carbons (Fsp3) is 0.143. The first-order valence-corrected chi connectivity index (χ1v) is 5.20. The monoisotopic (exact) mass is 319 g/mol. The summed E-state index contributed by atoms with van der Waals surface area (Å²) in [5, 5.41) is 0. The van der Waals surface area contributed by atoms with Gasteiger partial charge in [0.2, 0.25) is 0 Å². The van der Waals surface area contributed by atoms with E-state index in [9.17, 15) is 4.39 Å². The third-order valence-corrected chi connectivity index (χ3v) is 2.69. The summed E-state index contributed by atoms with van der Waals surface area (Å²) < 4.78 is 18.9. The molecule has 0 aromatic heterocycles. The van der Waals surface area contributed by atoms with Crippen molar-refractivity contribution in [1.82, 2.24) is 4.90 Å². The van der Waals surface area contributed by atoms with Crippen molar-refractivity contribution in [2.75, 3.05) is 14.2 Å². The number of benzene rings is 1. The molecule has 0 bridgehead atoms. The second-order valence-corrected chi connectivity index (χ2v) is 3.72. The Labute approximate surface area is 132 Å². The maximum Gasteiger partial charge on any atom is 0.119 e. The molecule has 0 atom stereocenters. The average molecular weight is 319 g/mol. The molecule has 0 saturated carbocycles. The average Bonchev–Trinajstić information content (AvgIpc) is 2.33. The van der Waals surface area contributed by atoms with Crippen LogP contribution in [0.3, 0.4) is 0 Å². The second kappa shape index (κ2) is 6.30. The maximum atomic E-state index is 13.9. The summed E-state index contributed by atoms with van der Waals surface area (Å²) in [6, 6.07) is 4.76. The largest absolute Gasteiger partial charge is 0.497 e. The van der Waals surface area contributed by atoms with Gasteiger partial charge in [-0.2, -0.15) is 12.2 Å². The van der Waals surface area contributed by atoms with Crippen molar-refractivity contribution in [2.45, 2.75) is 0 Å². The molecule has 0 unspecified atom stereocenters. The molecule has 0 spiro atoms. The van der Waals surface area contributed by atoms with E-state index < -0.39 is 0 Å². The fourth-order valence-electron chi connectivity index (χ4n) is 1.64. The quantitative estimate of drug-likeness (QED) is 0.777. The van der Waals surface area contributed by atoms with Crippen LogP contribution < -0.4 is 4.74 Å². The van der Waals surface area contributed by atoms with Crippen molar-refractivity contribution in [3.05, 3.63) is 60.1 Å². The van der Waals surface area contributed by atoms with Gasteiger partial charge in [0.15, 0.2) is 0 Å². The van der Waals surface area contributed by atoms with Crippen LogP contribution in [0, 0.1) is 11.9 Å². The molecule has 1 aliphatic rings. The minimum Gasteiger partial charge on any atom is -0.497 e. The van der Waals surface area contributed by atoms with Crippen LogP contribution in [-0.2, 0) is 32.7 Å². The first kappa shape index (κ1) is 15.1. The zero-order valence-electron chi connectivity index (χ0n) is 10.4. The topological polar surface area (TPSA) is 12.5 Å². The number of hydrogen-bond donors (Lipinski definition) is 0. The predicted molar refractivity (Wildman–Crippen MR) is 65.6 cm³/mol. The first-order valence-electron chi connectivity index (χ1n) is 5.20. The molecular weight excluding hydrogens is 306 g/mol. The number of allylic oxidation sites excluding steroid dienone is 3. The van der Waals surface area contributed by atoms with Crippen molar-refractivity contribution in [3.8, 4) is 5.75 Å². The van der Waals surface area contributed by atoms with Gasteiger partial charge < -0.3 is 9.64 Å². The Morgan fingerprint density at radius 2 is 2.11 bits per heavy atom. The molecule has 1 aromatic carbocycles. The molecule has 2 nitrogen and oxygen atoms in total. The number of ether oxygens (including phenoxy) is 1. The fourth-order valence-corrected chi connectivity index (χ4v) is 1.64. The SMILES string of the molecule is C=C1C=C[C-]=C(c2ccc(OC)cc2F)N1C.[Y]. The van der Waals surface area contributed by atoms with Crippen LogP contribution in [0.15, 0.2) is 42.6 Å². The first-order chi connectivity index (χ1) is 8.13. The van der Waals surface area contributed by atoms with Crippen LogP contribution in [-0.4, -0.2) is 19.1 Å². The van der Waals surface area contributed by atoms with Gasteiger partial charge in [-0.3, -0.25) is 0 Å². The molecule has 1 radical (unpaired) electrons. The molecule has 2 rings (SSSR count). The molecule has 1 aromatic rings. The van der Waals surface area contributed by atoms with Crippen LogP contribution in [0.1, 0.15) is 5.56 Å². The smallest absolute Gasteiger partial charge is 0.119 e. The third-order valence-electron chi connectivity index (χ3n) is 2.69. The Hall–Kier alpha value is -0.926. The number of halogens is 1. The van der Waals surface area contributed by atoms with Crippen molar-refractivity contribution < 1.29 is 41.8 Å². The summed E-state index contributed by atoms with van der Waals surface area (Å²) in [6.07, 6.45) is 6.58. The van der Waals surface area contributed by atoms with E-state index in [1.165, 1.54) is 13.2 Å². The third kappa shape index (κ3) is 2.90. The van der Waals surface area contributed by atoms with Crippen LogP contribution in [0.25, 0.3) is 5.70 Å². The maximum absolute atomic E-state index is 13.9. The van der Waals surface area contributed by atoms with E-state index in [2.05, 4.69) is 12.7 Å². The second-order valence-electron chi connectivity index (χ2n) is 3.72. The molecule has 1 aliphatic heterocycles. The molecule has 91 valence electrons. The summed E-state index contributed by atoms with van der Waals surface area (Å²) in [4.78, 5) is 1.80. The Balaban J connectivity index is 0.00000162. The number of methoxy groups -OCH3 is 1. The summed E-state index contributed by atoms with van der Waals surface area (Å²) >= 11 is 0. The van der Waals surface area contributed by atoms with Crippen LogP contribution in [0.4, 0.5) is 4.39 Å². The van der Waals surface area contributed by atoms with Crippen LogP contribution in [0.2, 0.25) is 0 Å². The minimum absolute atomic E-state index is 0. The Morgan fingerprint density at radius 1 is 1.39 bits per heavy atom. The van der Waals surface area contributed by atoms with E-state index in [1.807, 2.05) is 13.1 Å². The summed E-state index contributed by atoms with van der Waals surface area (Å²) in [7, 11) is 3.34. The van der Waals surface area contributed by atoms with Crippen molar-refractivity contribution >= 4 is 5.70 Å². The van der Waals surface area contributed by atoms with Gasteiger partial charge in [0, 0.05) is 45.8 Å². The molecule has 18 heavy (non-hydrogen) atoms. The van der Waals surface area contributed by atoms with Gasteiger partial charge in [-0.15, -0.1) is 12.1 Å². The molecule has 0 amide bonds. The Morgan fingerprint density at radius 3 is 2.72 bits per heavy atom. The van der Waals surface area contributed by atoms with Gasteiger partial charge in [0.25, 0.3) is 0 Å². The van der Waals surface area contributed by atoms with Gasteiger partial charge in [-0.25, -0.2) is 4.39 Å². The van der Waals surface area contributed by atoms with E-state index in [0.717, 1.165) is 5.70 Å². The Kier molecular flexibility index (Phi) is 5.30. The van der Waals surface area contributed by atoms with E-state index in [0.29, 0.717) is 17.0 Å². The minimum atomic E-state index is -0.332. The summed E-state index contributed by atoms with van der Waals surface area (Å²) in [5.41, 5.74) is 1.95. The van der Waals surface area contributed by atoms with Crippen molar-refractivity contribution in [2.24, 2.45) is 0 Å². The van der Waals surface area contributed by atoms with Gasteiger partial charge in [0.05, 0.1) is 12.9 Å². The van der Waals surface area contributed by atoms with Crippen molar-refractivity contribution in [3.63, 3.8) is 0 Å². The van der Waals surface area contributed by atoms with Gasteiger partial charge in [0.1, 0.15) is 5.75 Å². The molecule has 0 aliphatic carbocycles. The van der Waals surface area contributed by atoms with E-state index >= 15 is 0 Å². The van der Waals surface area contributed by atoms with Gasteiger partial charge in [-0.05, 0) is 11.8 Å². The molecule has 0 saturated heterocycles. The molecule has 0 N–H and O–H groups in total. The summed E-state index contributed by atoms with van der Waals surface area (Å²) in [6.45, 7) is 3.87. The molecule has 4 heteroatoms. The van der Waals surface area contributed by atoms with E-state index in [-0.39, 0.29) is 38.5 Å². The number of likely N-dealkylation sites (N-methyl/N-ethyl adjacent to an activating group) is 1. The van der Waals surface area contributed by atoms with Crippen molar-refractivity contribution in [1.29, 1.82) is 0 Å². The molecular formula is C14H13FNOY-. The predicted octanol–water partition coefficient (Wildman–Crippen LogP) is 2.99. The number of nitrogens with zero attached hydrogens (tertiary/aromatic N) is 1. The van der Waals surface area contributed by atoms with E-state index in [4.69, 9.17) is 4.74 Å². The standard InChI is InChI=1S/C14H13FNO.Y/c1-10-5-4-6-14(16(10)2)12-8-7-11(17-3)9-13(12)15;/h4-5,7-9H,1H2,2-3H3;/q-1;. The molecule has 0 fully saturated rings. The Bertz CT molecular complexity index is 523. The normalized spacial score (nSPS) is 14.1.